The smallest absolute Gasteiger partial charge is 0.355 e. The number of oxime groups is 1. The van der Waals surface area contributed by atoms with E-state index >= 15 is 0 Å². The summed E-state index contributed by atoms with van der Waals surface area (Å²) in [6.45, 7) is 6.03. The second-order valence-electron chi connectivity index (χ2n) is 20.0. The quantitative estimate of drug-likeness (QED) is 0.0288. The summed E-state index contributed by atoms with van der Waals surface area (Å²) in [6.07, 6.45) is 1.40. The number of ether oxygens (including phenoxy) is 2. The van der Waals surface area contributed by atoms with Gasteiger partial charge in [-0.25, -0.2) is 4.79 Å². The molecule has 0 radical (unpaired) electrons. The molecule has 0 aliphatic carbocycles. The number of nitrogens with one attached hydrogen (secondary N) is 2. The molecule has 0 unspecified atom stereocenters. The van der Waals surface area contributed by atoms with Gasteiger partial charge in [0.2, 0.25) is 16.7 Å². The summed E-state index contributed by atoms with van der Waals surface area (Å²) in [6, 6.07) is 50.7. The van der Waals surface area contributed by atoms with Crippen LogP contribution in [0.1, 0.15) is 72.6 Å². The number of esters is 2. The Kier molecular flexibility index (Phi) is 15.0. The highest BCUT2D eigenvalue weighted by Crippen LogP contribution is 2.44. The Morgan fingerprint density at radius 3 is 2.03 bits per heavy atom. The molecule has 0 saturated carbocycles. The number of hydrogen-bond acceptors (Lipinski definition) is 17. The average Bonchev–Trinajstić information content (AvgIpc) is 4.30. The third-order valence-electron chi connectivity index (χ3n) is 13.6. The van der Waals surface area contributed by atoms with Crippen molar-refractivity contribution >= 4 is 84.5 Å². The van der Waals surface area contributed by atoms with Crippen molar-refractivity contribution in [3.8, 4) is 0 Å². The maximum absolute atomic E-state index is 15.0. The van der Waals surface area contributed by atoms with Gasteiger partial charge in [-0.1, -0.05) is 162 Å². The summed E-state index contributed by atoms with van der Waals surface area (Å²) < 4.78 is 22.9. The second kappa shape index (κ2) is 22.5. The number of allylic oxidation sites excluding steroid dienone is 1. The molecular formula is C60H54N8O8S3. The van der Waals surface area contributed by atoms with Gasteiger partial charge in [-0.2, -0.15) is 9.36 Å². The van der Waals surface area contributed by atoms with Crippen LogP contribution in [0.4, 0.5) is 10.1 Å². The Labute approximate surface area is 468 Å². The predicted octanol–water partition coefficient (Wildman–Crippen LogP) is 10.2. The molecule has 3 aliphatic rings. The summed E-state index contributed by atoms with van der Waals surface area (Å²) in [5.74, 6) is -1.39. The van der Waals surface area contributed by atoms with Crippen LogP contribution in [0.2, 0.25) is 0 Å². The second-order valence-corrected chi connectivity index (χ2v) is 22.9. The molecule has 6 heterocycles. The molecule has 5 aromatic carbocycles. The van der Waals surface area contributed by atoms with Crippen molar-refractivity contribution < 1.29 is 38.0 Å². The molecule has 3 aromatic heterocycles. The number of aromatic nitrogens is 3. The molecule has 2 saturated heterocycles. The lowest BCUT2D eigenvalue weighted by atomic mass is 9.77. The normalized spacial score (nSPS) is 17.2. The molecule has 2 atom stereocenters. The Morgan fingerprint density at radius 2 is 1.44 bits per heavy atom. The van der Waals surface area contributed by atoms with E-state index in [4.69, 9.17) is 23.8 Å². The number of carbonyl (C=O) groups is 4. The molecular weight excluding hydrogens is 1060 g/mol. The summed E-state index contributed by atoms with van der Waals surface area (Å²) in [4.78, 5) is 70.2. The lowest BCUT2D eigenvalue weighted by Gasteiger charge is -2.52. The van der Waals surface area contributed by atoms with Gasteiger partial charge in [0.25, 0.3) is 11.8 Å². The zero-order valence-corrected chi connectivity index (χ0v) is 46.0. The van der Waals surface area contributed by atoms with Crippen LogP contribution in [0, 0.1) is 0 Å². The zero-order valence-electron chi connectivity index (χ0n) is 43.5. The molecule has 19 heteroatoms. The first kappa shape index (κ1) is 52.7. The molecule has 2 amide bonds. The molecule has 2 fully saturated rings. The first-order chi connectivity index (χ1) is 38.4. The molecule has 3 aliphatic heterocycles. The Bertz CT molecular complexity index is 3480. The molecule has 8 aromatic rings. The molecule has 2 N–H and O–H groups in total. The number of nitrogens with zero attached hydrogens (tertiary/aromatic N) is 6. The van der Waals surface area contributed by atoms with Crippen LogP contribution < -0.4 is 15.5 Å². The number of rotatable bonds is 17. The summed E-state index contributed by atoms with van der Waals surface area (Å²) >= 11 is 3.95. The van der Waals surface area contributed by atoms with Gasteiger partial charge in [0, 0.05) is 42.0 Å². The number of thioether (sulfide) groups is 1. The van der Waals surface area contributed by atoms with Crippen molar-refractivity contribution in [2.45, 2.75) is 62.3 Å². The van der Waals surface area contributed by atoms with Crippen LogP contribution in [-0.2, 0) is 45.4 Å². The van der Waals surface area contributed by atoms with Crippen molar-refractivity contribution in [2.75, 3.05) is 36.2 Å². The molecule has 11 rings (SSSR count). The average molecular weight is 1110 g/mol. The van der Waals surface area contributed by atoms with Gasteiger partial charge in [-0.15, -0.1) is 23.1 Å². The fourth-order valence-electron chi connectivity index (χ4n) is 10.1. The molecule has 16 nitrogen and oxygen atoms in total. The number of anilines is 2. The van der Waals surface area contributed by atoms with Gasteiger partial charge in [0.15, 0.2) is 11.7 Å². The first-order valence-corrected chi connectivity index (χ1v) is 28.3. The summed E-state index contributed by atoms with van der Waals surface area (Å²) in [5.41, 5.74) is 5.16. The first-order valence-electron chi connectivity index (χ1n) is 25.6. The van der Waals surface area contributed by atoms with Gasteiger partial charge < -0.3 is 34.4 Å². The van der Waals surface area contributed by atoms with Crippen molar-refractivity contribution in [1.82, 2.24) is 24.7 Å². The van der Waals surface area contributed by atoms with E-state index in [9.17, 15) is 19.2 Å². The third kappa shape index (κ3) is 10.9. The minimum Gasteiger partial charge on any atom is -0.460 e. The fraction of sp³-hybridized carbons (Fsp3) is 0.233. The molecule has 0 bridgehead atoms. The summed E-state index contributed by atoms with van der Waals surface area (Å²) in [5, 5.41) is 15.8. The van der Waals surface area contributed by atoms with Crippen LogP contribution >= 0.6 is 34.6 Å². The Morgan fingerprint density at radius 1 is 0.848 bits per heavy atom. The lowest BCUT2D eigenvalue weighted by molar-refractivity contribution is -0.154. The molecule has 0 spiro atoms. The summed E-state index contributed by atoms with van der Waals surface area (Å²) in [7, 11) is 1.36. The third-order valence-corrected chi connectivity index (χ3v) is 16.8. The van der Waals surface area contributed by atoms with E-state index in [0.717, 1.165) is 39.3 Å². The van der Waals surface area contributed by atoms with Crippen molar-refractivity contribution in [2.24, 2.45) is 5.16 Å². The van der Waals surface area contributed by atoms with Gasteiger partial charge >= 0.3 is 11.9 Å². The molecule has 400 valence electrons. The van der Waals surface area contributed by atoms with Crippen molar-refractivity contribution in [1.29, 1.82) is 0 Å². The van der Waals surface area contributed by atoms with Gasteiger partial charge in [0.1, 0.15) is 39.3 Å². The minimum absolute atomic E-state index is 0.0673. The van der Waals surface area contributed by atoms with Crippen LogP contribution in [0.25, 0.3) is 10.3 Å². The number of hydrogen-bond donors (Lipinski definition) is 2. The maximum Gasteiger partial charge on any atom is 0.355 e. The number of carbonyl (C=O) groups excluding carboxylic acids is 4. The van der Waals surface area contributed by atoms with E-state index in [1.54, 1.807) is 31.7 Å². The molecule has 79 heavy (non-hydrogen) atoms. The fourth-order valence-corrected chi connectivity index (χ4v) is 13.1. The number of thiophene rings is 1. The Hall–Kier alpha value is -8.39. The lowest BCUT2D eigenvalue weighted by Crippen LogP contribution is -2.67. The SMILES string of the molecule is CO/N=C(\C(=O)N[C@@H]1CN2C(C(=O)OC(c3ccccc3)c3ccccc3)=C(/C=C3\CCN(c4cc5onc(CC(=O)OC(C)(C)C)c5s4)C3=O)CS[C@H]12)c1nsc(NC(c2ccccc2)(c2ccccc2)c2ccccc2)n1. The predicted molar refractivity (Wildman–Crippen MR) is 306 cm³/mol. The monoisotopic (exact) mass is 1110 g/mol. The topological polar surface area (TPSA) is 191 Å². The van der Waals surface area contributed by atoms with E-state index < -0.39 is 46.5 Å². The number of fused-ring (bicyclic) bond motifs is 2. The van der Waals surface area contributed by atoms with Gasteiger partial charge in [-0.3, -0.25) is 19.3 Å². The van der Waals surface area contributed by atoms with Crippen LogP contribution in [0.15, 0.2) is 190 Å². The van der Waals surface area contributed by atoms with Crippen molar-refractivity contribution in [3.63, 3.8) is 0 Å². The van der Waals surface area contributed by atoms with Gasteiger partial charge in [-0.05, 0) is 66.7 Å². The number of amides is 2. The zero-order chi connectivity index (χ0) is 54.7. The largest absolute Gasteiger partial charge is 0.460 e. The van der Waals surface area contributed by atoms with Crippen LogP contribution in [0.5, 0.6) is 0 Å². The standard InChI is InChI=1S/C60H54N8O8S3/c1-59(2,3)75-48(69)33-44-52-46(76-64-44)34-47(78-52)67-31-30-39(55(67)71)32-40-36-77-56-45(35-68(56)50(40)57(72)74-51(37-20-10-5-11-21-37)38-22-12-6-13-23-38)61-54(70)49(65-73-4)53-62-58(79-66-53)63-60(41-24-14-7-15-25-41,42-26-16-8-17-27-42)43-28-18-9-19-29-43/h5-29,32,34,45,51,56H,30-31,33,35-36H2,1-4H3,(H,61,70)(H,62,63,66)/b39-32+,65-49-/t45-,56-/m1/s1. The van der Waals surface area contributed by atoms with Crippen LogP contribution in [-0.4, -0.2) is 91.8 Å². The number of benzene rings is 5. The van der Waals surface area contributed by atoms with Crippen LogP contribution in [0.3, 0.4) is 0 Å². The van der Waals surface area contributed by atoms with E-state index in [1.165, 1.54) is 30.2 Å². The van der Waals surface area contributed by atoms with E-state index in [2.05, 4.69) is 61.7 Å². The van der Waals surface area contributed by atoms with E-state index in [1.807, 2.05) is 126 Å². The highest BCUT2D eigenvalue weighted by Gasteiger charge is 2.48. The Balaban J connectivity index is 0.861. The maximum atomic E-state index is 15.0. The highest BCUT2D eigenvalue weighted by molar-refractivity contribution is 8.00. The van der Waals surface area contributed by atoms with E-state index in [0.29, 0.717) is 61.7 Å². The van der Waals surface area contributed by atoms with Crippen molar-refractivity contribution in [3.05, 3.63) is 220 Å². The van der Waals surface area contributed by atoms with E-state index in [-0.39, 0.29) is 30.4 Å². The highest BCUT2D eigenvalue weighted by atomic mass is 32.2. The van der Waals surface area contributed by atoms with Gasteiger partial charge in [0.05, 0.1) is 17.8 Å². The minimum atomic E-state index is -0.895.